The number of nitrogens with zero attached hydrogens (tertiary/aromatic N) is 1. The van der Waals surface area contributed by atoms with Crippen molar-refractivity contribution in [1.82, 2.24) is 20.9 Å². The zero-order chi connectivity index (χ0) is 30.4. The molecule has 2 aliphatic carbocycles. The van der Waals surface area contributed by atoms with Crippen molar-refractivity contribution in [3.05, 3.63) is 0 Å². The van der Waals surface area contributed by atoms with Gasteiger partial charge >= 0.3 is 12.0 Å². The van der Waals surface area contributed by atoms with Crippen molar-refractivity contribution in [3.8, 4) is 0 Å². The van der Waals surface area contributed by atoms with Gasteiger partial charge in [0.15, 0.2) is 0 Å². The third-order valence-corrected chi connectivity index (χ3v) is 9.13. The fraction of sp³-hybridized carbons (Fsp3) is 0.769. The lowest BCUT2D eigenvalue weighted by atomic mass is 9.80. The van der Waals surface area contributed by atoms with E-state index in [1.807, 2.05) is 0 Å². The van der Waals surface area contributed by atoms with Crippen LogP contribution in [0.5, 0.6) is 0 Å². The summed E-state index contributed by atoms with van der Waals surface area (Å²) in [5.74, 6) is -4.83. The molecule has 224 valence electrons. The third-order valence-electron chi connectivity index (χ3n) is 8.06. The molecule has 3 fully saturated rings. The number of halogens is 2. The van der Waals surface area contributed by atoms with E-state index in [0.29, 0.717) is 0 Å². The van der Waals surface area contributed by atoms with Gasteiger partial charge in [0, 0.05) is 18.4 Å². The summed E-state index contributed by atoms with van der Waals surface area (Å²) < 4.78 is 3.46. The number of nitrogens with two attached hydrogens (primary N) is 1. The first kappa shape index (κ1) is 31.9. The highest BCUT2D eigenvalue weighted by molar-refractivity contribution is 6.51. The Bertz CT molecular complexity index is 1090. The summed E-state index contributed by atoms with van der Waals surface area (Å²) in [6.07, 6.45) is 3.00. The van der Waals surface area contributed by atoms with Crippen LogP contribution in [-0.2, 0) is 28.7 Å². The van der Waals surface area contributed by atoms with Crippen LogP contribution in [0.1, 0.15) is 60.3 Å². The molecule has 3 rings (SSSR count). The maximum absolute atomic E-state index is 13.9. The van der Waals surface area contributed by atoms with E-state index in [9.17, 15) is 28.8 Å². The van der Waals surface area contributed by atoms with E-state index in [1.54, 1.807) is 20.8 Å². The number of hydrogen-bond donors (Lipinski definition) is 4. The van der Waals surface area contributed by atoms with Crippen molar-refractivity contribution < 1.29 is 33.5 Å². The third kappa shape index (κ3) is 6.48. The van der Waals surface area contributed by atoms with E-state index in [1.165, 1.54) is 25.9 Å². The van der Waals surface area contributed by atoms with Crippen LogP contribution in [0, 0.1) is 23.2 Å². The number of rotatable bonds is 10. The van der Waals surface area contributed by atoms with E-state index in [4.69, 9.17) is 33.7 Å². The number of esters is 1. The van der Waals surface area contributed by atoms with Crippen molar-refractivity contribution in [1.29, 1.82) is 0 Å². The quantitative estimate of drug-likeness (QED) is 0.163. The van der Waals surface area contributed by atoms with Crippen LogP contribution in [0.2, 0.25) is 0 Å². The molecule has 0 aromatic heterocycles. The van der Waals surface area contributed by atoms with Crippen LogP contribution in [-0.4, -0.2) is 82.1 Å². The number of urea groups is 1. The predicted molar refractivity (Wildman–Crippen MR) is 146 cm³/mol. The van der Waals surface area contributed by atoms with Gasteiger partial charge in [-0.2, -0.15) is 0 Å². The molecule has 5 atom stereocenters. The molecule has 12 nitrogen and oxygen atoms in total. The molecule has 2 unspecified atom stereocenters. The first-order chi connectivity index (χ1) is 18.3. The number of alkyl halides is 2. The number of likely N-dealkylation sites (tertiary alicyclic amines) is 1. The second-order valence-corrected chi connectivity index (χ2v) is 14.0. The van der Waals surface area contributed by atoms with Gasteiger partial charge in [0.2, 0.25) is 17.6 Å². The van der Waals surface area contributed by atoms with E-state index >= 15 is 0 Å². The second kappa shape index (κ2) is 11.3. The Labute approximate surface area is 243 Å². The minimum atomic E-state index is -1.37. The zero-order valence-electron chi connectivity index (χ0n) is 23.6. The molecule has 0 spiro atoms. The lowest BCUT2D eigenvalue weighted by Gasteiger charge is -2.38. The van der Waals surface area contributed by atoms with Crippen molar-refractivity contribution in [3.63, 3.8) is 0 Å². The molecule has 1 saturated heterocycles. The predicted octanol–water partition coefficient (Wildman–Crippen LogP) is 1.01. The molecule has 0 aromatic rings. The fourth-order valence-corrected chi connectivity index (χ4v) is 6.25. The summed E-state index contributed by atoms with van der Waals surface area (Å²) in [4.78, 5) is 78.0. The first-order valence-electron chi connectivity index (χ1n) is 13.3. The SMILES string of the molecule is COC(=O)C(C)(C)NC(=O)N[C@H](C(=O)N1C[C@H]2C([C@H]1C(=O)NC(CC1CCC1)C(=O)C(N)=O)C2(Cl)Cl)C(C)(C)C. The van der Waals surface area contributed by atoms with Crippen LogP contribution < -0.4 is 21.7 Å². The first-order valence-corrected chi connectivity index (χ1v) is 14.1. The number of primary amides is 1. The van der Waals surface area contributed by atoms with Crippen molar-refractivity contribution in [2.75, 3.05) is 13.7 Å². The number of fused-ring (bicyclic) bond motifs is 1. The molecule has 0 radical (unpaired) electrons. The highest BCUT2D eigenvalue weighted by atomic mass is 35.5. The number of amides is 5. The van der Waals surface area contributed by atoms with Crippen molar-refractivity contribution in [2.45, 2.75) is 88.3 Å². The van der Waals surface area contributed by atoms with Gasteiger partial charge in [-0.15, -0.1) is 23.2 Å². The summed E-state index contributed by atoms with van der Waals surface area (Å²) in [6.45, 7) is 8.17. The molecule has 40 heavy (non-hydrogen) atoms. The normalized spacial score (nSPS) is 25.0. The molecule has 5 amide bonds. The Morgan fingerprint density at radius 1 is 1.05 bits per heavy atom. The Kier molecular flexibility index (Phi) is 9.06. The molecule has 0 bridgehead atoms. The van der Waals surface area contributed by atoms with Gasteiger partial charge in [-0.25, -0.2) is 9.59 Å². The second-order valence-electron chi connectivity index (χ2n) is 12.6. The number of piperidine rings is 1. The number of carbonyl (C=O) groups is 6. The largest absolute Gasteiger partial charge is 0.467 e. The monoisotopic (exact) mass is 603 g/mol. The maximum Gasteiger partial charge on any atom is 0.331 e. The Morgan fingerprint density at radius 3 is 2.12 bits per heavy atom. The number of Topliss-reactive ketones (excluding diaryl/α,β-unsaturated/α-hetero) is 1. The van der Waals surface area contributed by atoms with Gasteiger partial charge < -0.3 is 31.3 Å². The Hall–Kier alpha value is -2.60. The van der Waals surface area contributed by atoms with Crippen LogP contribution >= 0.6 is 23.2 Å². The van der Waals surface area contributed by atoms with Crippen LogP contribution in [0.25, 0.3) is 0 Å². The molecule has 5 N–H and O–H groups in total. The van der Waals surface area contributed by atoms with Crippen molar-refractivity contribution in [2.24, 2.45) is 28.9 Å². The molecule has 2 saturated carbocycles. The highest BCUT2D eigenvalue weighted by Gasteiger charge is 2.74. The summed E-state index contributed by atoms with van der Waals surface area (Å²) in [5.41, 5.74) is 3.05. The van der Waals surface area contributed by atoms with E-state index < -0.39 is 80.8 Å². The van der Waals surface area contributed by atoms with Gasteiger partial charge in [0.1, 0.15) is 22.0 Å². The molecule has 0 aromatic carbocycles. The molecule has 3 aliphatic rings. The Morgan fingerprint density at radius 2 is 1.65 bits per heavy atom. The topological polar surface area (TPSA) is 177 Å². The van der Waals surface area contributed by atoms with Gasteiger partial charge in [-0.1, -0.05) is 40.0 Å². The standard InChI is InChI=1S/C26H39Cl2N5O7/c1-24(2,3)18(31-23(39)32-25(4,5)22(38)40-6)21(37)33-11-13-15(26(13,27)28)16(33)20(36)30-14(17(34)19(29)35)10-12-8-7-9-12/h12-16,18H,7-11H2,1-6H3,(H2,29,35)(H,30,36)(H2,31,32,39)/t13-,14?,15?,16-,18+/m0/s1. The molecular formula is C26H39Cl2N5O7. The number of nitrogens with one attached hydrogen (secondary N) is 3. The molecule has 14 heteroatoms. The maximum atomic E-state index is 13.9. The number of carbonyl (C=O) groups excluding carboxylic acids is 6. The number of ketones is 1. The van der Waals surface area contributed by atoms with Gasteiger partial charge in [-0.05, 0) is 31.6 Å². The summed E-state index contributed by atoms with van der Waals surface area (Å²) in [5, 5.41) is 7.77. The zero-order valence-corrected chi connectivity index (χ0v) is 25.1. The number of ether oxygens (including phenoxy) is 1. The lowest BCUT2D eigenvalue weighted by molar-refractivity contribution is -0.146. The van der Waals surface area contributed by atoms with Gasteiger partial charge in [-0.3, -0.25) is 19.2 Å². The summed E-state index contributed by atoms with van der Waals surface area (Å²) in [6, 6.07) is -4.18. The Balaban J connectivity index is 1.83. The smallest absolute Gasteiger partial charge is 0.331 e. The van der Waals surface area contributed by atoms with E-state index in [-0.39, 0.29) is 18.9 Å². The number of hydrogen-bond acceptors (Lipinski definition) is 7. The van der Waals surface area contributed by atoms with Gasteiger partial charge in [0.25, 0.3) is 5.91 Å². The van der Waals surface area contributed by atoms with E-state index in [2.05, 4.69) is 16.0 Å². The van der Waals surface area contributed by atoms with E-state index in [0.717, 1.165) is 19.3 Å². The molecular weight excluding hydrogens is 565 g/mol. The molecule has 1 aliphatic heterocycles. The molecule has 1 heterocycles. The van der Waals surface area contributed by atoms with Crippen LogP contribution in [0.15, 0.2) is 0 Å². The minimum absolute atomic E-state index is 0.0508. The fourth-order valence-electron chi connectivity index (χ4n) is 5.43. The summed E-state index contributed by atoms with van der Waals surface area (Å²) in [7, 11) is 1.19. The average molecular weight is 605 g/mol. The number of methoxy groups -OCH3 is 1. The van der Waals surface area contributed by atoms with Crippen LogP contribution in [0.4, 0.5) is 4.79 Å². The van der Waals surface area contributed by atoms with Crippen molar-refractivity contribution >= 4 is 58.7 Å². The van der Waals surface area contributed by atoms with Gasteiger partial charge in [0.05, 0.1) is 13.2 Å². The average Bonchev–Trinajstić information content (AvgIpc) is 3.15. The summed E-state index contributed by atoms with van der Waals surface area (Å²) >= 11 is 12.9. The van der Waals surface area contributed by atoms with Crippen LogP contribution in [0.3, 0.4) is 0 Å². The highest BCUT2D eigenvalue weighted by Crippen LogP contribution is 2.65. The minimum Gasteiger partial charge on any atom is -0.467 e. The lowest BCUT2D eigenvalue weighted by Crippen LogP contribution is -2.63.